The van der Waals surface area contributed by atoms with Crippen LogP contribution in [0.4, 0.5) is 0 Å². The summed E-state index contributed by atoms with van der Waals surface area (Å²) in [5.41, 5.74) is 1.13. The van der Waals surface area contributed by atoms with Crippen molar-refractivity contribution in [2.75, 3.05) is 13.2 Å². The van der Waals surface area contributed by atoms with Gasteiger partial charge >= 0.3 is 7.60 Å². The zero-order valence-electron chi connectivity index (χ0n) is 11.7. The highest BCUT2D eigenvalue weighted by molar-refractivity contribution is 7.62. The maximum Gasteiger partial charge on any atom is 0.364 e. The summed E-state index contributed by atoms with van der Waals surface area (Å²) in [5, 5.41) is 4.72. The lowest BCUT2D eigenvalue weighted by molar-refractivity contribution is 0.230. The van der Waals surface area contributed by atoms with E-state index >= 15 is 0 Å². The Morgan fingerprint density at radius 1 is 1.15 bits per heavy atom. The van der Waals surface area contributed by atoms with Crippen molar-refractivity contribution in [2.24, 2.45) is 0 Å². The predicted octanol–water partition coefficient (Wildman–Crippen LogP) is 2.82. The molecule has 0 aliphatic rings. The van der Waals surface area contributed by atoms with Crippen molar-refractivity contribution in [2.45, 2.75) is 20.4 Å². The van der Waals surface area contributed by atoms with E-state index in [2.05, 4.69) is 5.10 Å². The van der Waals surface area contributed by atoms with Gasteiger partial charge in [0.05, 0.1) is 26.0 Å². The molecule has 0 amide bonds. The van der Waals surface area contributed by atoms with Crippen LogP contribution in [-0.2, 0) is 20.2 Å². The van der Waals surface area contributed by atoms with Gasteiger partial charge < -0.3 is 9.05 Å². The lowest BCUT2D eigenvalue weighted by Crippen LogP contribution is -2.09. The molecule has 0 radical (unpaired) electrons. The van der Waals surface area contributed by atoms with Crippen molar-refractivity contribution in [3.63, 3.8) is 0 Å². The average molecular weight is 294 g/mol. The molecule has 108 valence electrons. The standard InChI is InChI=1S/C14H19N2O3P/c1-3-18-20(17,19-4-2)14-10-15-16(12-14)11-13-8-6-5-7-9-13/h5-10,12H,3-4,11H2,1-2H3. The van der Waals surface area contributed by atoms with E-state index in [4.69, 9.17) is 9.05 Å². The summed E-state index contributed by atoms with van der Waals surface area (Å²) in [4.78, 5) is 0. The zero-order chi connectivity index (χ0) is 14.4. The van der Waals surface area contributed by atoms with Crippen molar-refractivity contribution in [3.05, 3.63) is 48.3 Å². The first-order valence-electron chi connectivity index (χ1n) is 6.64. The quantitative estimate of drug-likeness (QED) is 0.737. The van der Waals surface area contributed by atoms with Crippen LogP contribution in [0.1, 0.15) is 19.4 Å². The lowest BCUT2D eigenvalue weighted by Gasteiger charge is -2.14. The van der Waals surface area contributed by atoms with E-state index in [0.29, 0.717) is 25.1 Å². The Morgan fingerprint density at radius 2 is 1.80 bits per heavy atom. The van der Waals surface area contributed by atoms with Crippen LogP contribution in [0.25, 0.3) is 0 Å². The summed E-state index contributed by atoms with van der Waals surface area (Å²) in [6.07, 6.45) is 3.27. The van der Waals surface area contributed by atoms with Gasteiger partial charge in [0.2, 0.25) is 0 Å². The van der Waals surface area contributed by atoms with Crippen LogP contribution in [0.15, 0.2) is 42.7 Å². The molecule has 2 aromatic rings. The SMILES string of the molecule is CCOP(=O)(OCC)c1cnn(Cc2ccccc2)c1. The second kappa shape index (κ2) is 6.84. The van der Waals surface area contributed by atoms with Gasteiger partial charge in [-0.3, -0.25) is 9.25 Å². The molecule has 0 aliphatic heterocycles. The Kier molecular flexibility index (Phi) is 5.12. The molecule has 1 aromatic heterocycles. The van der Waals surface area contributed by atoms with E-state index < -0.39 is 7.60 Å². The molecular formula is C14H19N2O3P. The third-order valence-corrected chi connectivity index (χ3v) is 4.78. The van der Waals surface area contributed by atoms with E-state index in [1.165, 1.54) is 0 Å². The first-order valence-corrected chi connectivity index (χ1v) is 8.18. The maximum atomic E-state index is 12.6. The minimum absolute atomic E-state index is 0.334. The Labute approximate surface area is 119 Å². The molecule has 0 spiro atoms. The van der Waals surface area contributed by atoms with Crippen molar-refractivity contribution in [1.82, 2.24) is 9.78 Å². The molecular weight excluding hydrogens is 275 g/mol. The van der Waals surface area contributed by atoms with Crippen LogP contribution >= 0.6 is 7.60 Å². The topological polar surface area (TPSA) is 53.4 Å². The van der Waals surface area contributed by atoms with Crippen LogP contribution in [0.3, 0.4) is 0 Å². The molecule has 20 heavy (non-hydrogen) atoms. The third-order valence-electron chi connectivity index (χ3n) is 2.72. The zero-order valence-corrected chi connectivity index (χ0v) is 12.6. The van der Waals surface area contributed by atoms with Gasteiger partial charge in [0.25, 0.3) is 0 Å². The summed E-state index contributed by atoms with van der Waals surface area (Å²) in [5.74, 6) is 0. The highest BCUT2D eigenvalue weighted by Crippen LogP contribution is 2.46. The van der Waals surface area contributed by atoms with Gasteiger partial charge in [0.1, 0.15) is 5.30 Å². The van der Waals surface area contributed by atoms with Gasteiger partial charge in [-0.05, 0) is 19.4 Å². The molecule has 0 saturated heterocycles. The van der Waals surface area contributed by atoms with Gasteiger partial charge in [-0.1, -0.05) is 30.3 Å². The molecule has 1 heterocycles. The van der Waals surface area contributed by atoms with Crippen LogP contribution in [-0.4, -0.2) is 23.0 Å². The molecule has 0 saturated carbocycles. The molecule has 0 atom stereocenters. The van der Waals surface area contributed by atoms with Crippen molar-refractivity contribution in [3.8, 4) is 0 Å². The lowest BCUT2D eigenvalue weighted by atomic mass is 10.2. The first kappa shape index (κ1) is 15.0. The first-order chi connectivity index (χ1) is 9.68. The summed E-state index contributed by atoms with van der Waals surface area (Å²) >= 11 is 0. The van der Waals surface area contributed by atoms with Crippen LogP contribution in [0.5, 0.6) is 0 Å². The normalized spacial score (nSPS) is 11.7. The summed E-state index contributed by atoms with van der Waals surface area (Å²) in [6, 6.07) is 9.96. The van der Waals surface area contributed by atoms with Crippen molar-refractivity contribution >= 4 is 12.9 Å². The highest BCUT2D eigenvalue weighted by atomic mass is 31.2. The van der Waals surface area contributed by atoms with Gasteiger partial charge in [-0.15, -0.1) is 0 Å². The van der Waals surface area contributed by atoms with E-state index in [-0.39, 0.29) is 0 Å². The molecule has 0 unspecified atom stereocenters. The second-order valence-electron chi connectivity index (χ2n) is 4.21. The van der Waals surface area contributed by atoms with Crippen LogP contribution in [0.2, 0.25) is 0 Å². The largest absolute Gasteiger partial charge is 0.364 e. The number of hydrogen-bond donors (Lipinski definition) is 0. The fourth-order valence-electron chi connectivity index (χ4n) is 1.88. The van der Waals surface area contributed by atoms with Gasteiger partial charge in [-0.2, -0.15) is 5.10 Å². The Bertz CT molecular complexity index is 573. The predicted molar refractivity (Wildman–Crippen MR) is 78.3 cm³/mol. The number of hydrogen-bond acceptors (Lipinski definition) is 4. The minimum Gasteiger partial charge on any atom is -0.305 e. The molecule has 0 fully saturated rings. The smallest absolute Gasteiger partial charge is 0.305 e. The fraction of sp³-hybridized carbons (Fsp3) is 0.357. The molecule has 0 aliphatic carbocycles. The van der Waals surface area contributed by atoms with E-state index in [9.17, 15) is 4.57 Å². The molecule has 0 N–H and O–H groups in total. The summed E-state index contributed by atoms with van der Waals surface area (Å²) in [7, 11) is -3.24. The average Bonchev–Trinajstić information content (AvgIpc) is 2.90. The number of aromatic nitrogens is 2. The van der Waals surface area contributed by atoms with Gasteiger partial charge in [0, 0.05) is 6.20 Å². The molecule has 1 aromatic carbocycles. The monoisotopic (exact) mass is 294 g/mol. The minimum atomic E-state index is -3.24. The maximum absolute atomic E-state index is 12.6. The molecule has 5 nitrogen and oxygen atoms in total. The number of benzene rings is 1. The second-order valence-corrected chi connectivity index (χ2v) is 6.24. The van der Waals surface area contributed by atoms with E-state index in [1.807, 2.05) is 30.3 Å². The summed E-state index contributed by atoms with van der Waals surface area (Å²) < 4.78 is 24.9. The molecule has 2 rings (SSSR count). The van der Waals surface area contributed by atoms with Gasteiger partial charge in [0.15, 0.2) is 0 Å². The van der Waals surface area contributed by atoms with Gasteiger partial charge in [-0.25, -0.2) is 0 Å². The highest BCUT2D eigenvalue weighted by Gasteiger charge is 2.28. The third kappa shape index (κ3) is 3.57. The number of nitrogens with zero attached hydrogens (tertiary/aromatic N) is 2. The Balaban J connectivity index is 2.17. The van der Waals surface area contributed by atoms with E-state index in [0.717, 1.165) is 5.56 Å². The van der Waals surface area contributed by atoms with Crippen LogP contribution < -0.4 is 5.30 Å². The van der Waals surface area contributed by atoms with Crippen LogP contribution in [0, 0.1) is 0 Å². The van der Waals surface area contributed by atoms with Crippen molar-refractivity contribution < 1.29 is 13.6 Å². The Hall–Kier alpha value is -1.42. The van der Waals surface area contributed by atoms with Crippen molar-refractivity contribution in [1.29, 1.82) is 0 Å². The van der Waals surface area contributed by atoms with E-state index in [1.54, 1.807) is 30.9 Å². The Morgan fingerprint density at radius 3 is 2.40 bits per heavy atom. The summed E-state index contributed by atoms with van der Waals surface area (Å²) in [6.45, 7) is 4.88. The number of rotatable bonds is 7. The fourth-order valence-corrected chi connectivity index (χ4v) is 3.40. The molecule has 6 heteroatoms. The molecule has 0 bridgehead atoms.